The molecule has 0 saturated carbocycles. The Labute approximate surface area is 105 Å². The van der Waals surface area contributed by atoms with Gasteiger partial charge in [-0.2, -0.15) is 0 Å². The van der Waals surface area contributed by atoms with Crippen LogP contribution in [0.4, 0.5) is 4.39 Å². The number of amides is 1. The molecule has 1 aromatic carbocycles. The van der Waals surface area contributed by atoms with E-state index in [0.717, 1.165) is 12.8 Å². The first-order valence-electron chi connectivity index (χ1n) is 6.04. The van der Waals surface area contributed by atoms with Crippen LogP contribution in [0.15, 0.2) is 18.2 Å². The van der Waals surface area contributed by atoms with Crippen molar-refractivity contribution >= 4 is 5.91 Å². The predicted molar refractivity (Wildman–Crippen MR) is 63.6 cm³/mol. The second kappa shape index (κ2) is 5.82. The molecule has 2 rings (SSSR count). The van der Waals surface area contributed by atoms with E-state index in [2.05, 4.69) is 5.32 Å². The third kappa shape index (κ3) is 2.98. The van der Waals surface area contributed by atoms with Crippen LogP contribution in [0.3, 0.4) is 0 Å². The molecular formula is C13H16FNO3. The Balaban J connectivity index is 2.14. The number of carbonyl (C=O) groups excluding carboxylic acids is 1. The molecule has 1 atom stereocenters. The first-order chi connectivity index (χ1) is 8.70. The number of carbonyl (C=O) groups is 1. The van der Waals surface area contributed by atoms with Crippen molar-refractivity contribution in [2.75, 3.05) is 6.54 Å². The highest BCUT2D eigenvalue weighted by Gasteiger charge is 2.23. The monoisotopic (exact) mass is 253 g/mol. The molecule has 2 N–H and O–H groups in total. The molecule has 0 bridgehead atoms. The van der Waals surface area contributed by atoms with Crippen molar-refractivity contribution in [3.05, 3.63) is 29.6 Å². The van der Waals surface area contributed by atoms with Crippen LogP contribution in [-0.4, -0.2) is 23.7 Å². The number of ether oxygens (including phenoxy) is 1. The van der Waals surface area contributed by atoms with Gasteiger partial charge in [0.2, 0.25) is 0 Å². The zero-order valence-corrected chi connectivity index (χ0v) is 9.99. The highest BCUT2D eigenvalue weighted by molar-refractivity contribution is 5.81. The molecule has 1 saturated heterocycles. The van der Waals surface area contributed by atoms with E-state index in [1.807, 2.05) is 0 Å². The molecule has 1 aliphatic rings. The zero-order chi connectivity index (χ0) is 13.0. The lowest BCUT2D eigenvalue weighted by molar-refractivity contribution is -0.127. The fourth-order valence-electron chi connectivity index (χ4n) is 1.96. The van der Waals surface area contributed by atoms with Crippen molar-refractivity contribution in [2.45, 2.75) is 32.0 Å². The quantitative estimate of drug-likeness (QED) is 0.855. The van der Waals surface area contributed by atoms with E-state index in [4.69, 9.17) is 9.84 Å². The minimum absolute atomic E-state index is 0.152. The van der Waals surface area contributed by atoms with Gasteiger partial charge >= 0.3 is 0 Å². The molecule has 5 heteroatoms. The van der Waals surface area contributed by atoms with E-state index >= 15 is 0 Å². The summed E-state index contributed by atoms with van der Waals surface area (Å²) in [6, 6.07) is 3.91. The molecule has 4 nitrogen and oxygen atoms in total. The van der Waals surface area contributed by atoms with Crippen LogP contribution in [0, 0.1) is 5.82 Å². The highest BCUT2D eigenvalue weighted by Crippen LogP contribution is 2.23. The second-order valence-corrected chi connectivity index (χ2v) is 4.30. The van der Waals surface area contributed by atoms with E-state index < -0.39 is 11.9 Å². The van der Waals surface area contributed by atoms with Gasteiger partial charge in [-0.3, -0.25) is 4.79 Å². The molecule has 1 unspecified atom stereocenters. The summed E-state index contributed by atoms with van der Waals surface area (Å²) in [7, 11) is 0. The van der Waals surface area contributed by atoms with Crippen molar-refractivity contribution in [1.82, 2.24) is 5.32 Å². The average molecular weight is 253 g/mol. The van der Waals surface area contributed by atoms with Crippen LogP contribution in [-0.2, 0) is 11.4 Å². The van der Waals surface area contributed by atoms with Crippen molar-refractivity contribution in [1.29, 1.82) is 0 Å². The molecule has 1 aromatic rings. The molecule has 1 amide bonds. The Morgan fingerprint density at radius 1 is 1.44 bits per heavy atom. The van der Waals surface area contributed by atoms with Gasteiger partial charge in [0.1, 0.15) is 11.6 Å². The summed E-state index contributed by atoms with van der Waals surface area (Å²) in [6.07, 6.45) is 1.90. The molecule has 0 radical (unpaired) electrons. The highest BCUT2D eigenvalue weighted by atomic mass is 19.1. The van der Waals surface area contributed by atoms with Crippen LogP contribution in [0.1, 0.15) is 24.8 Å². The van der Waals surface area contributed by atoms with Crippen LogP contribution < -0.4 is 10.1 Å². The van der Waals surface area contributed by atoms with Crippen molar-refractivity contribution in [3.63, 3.8) is 0 Å². The Morgan fingerprint density at radius 3 is 3.06 bits per heavy atom. The number of rotatable bonds is 3. The van der Waals surface area contributed by atoms with Gasteiger partial charge in [0.05, 0.1) is 6.61 Å². The largest absolute Gasteiger partial charge is 0.480 e. The minimum atomic E-state index is -0.566. The van der Waals surface area contributed by atoms with Gasteiger partial charge in [-0.05, 0) is 37.5 Å². The van der Waals surface area contributed by atoms with Gasteiger partial charge < -0.3 is 15.2 Å². The van der Waals surface area contributed by atoms with Gasteiger partial charge in [-0.25, -0.2) is 4.39 Å². The minimum Gasteiger partial charge on any atom is -0.480 e. The van der Waals surface area contributed by atoms with Gasteiger partial charge in [-0.15, -0.1) is 0 Å². The van der Waals surface area contributed by atoms with Crippen LogP contribution in [0.25, 0.3) is 0 Å². The van der Waals surface area contributed by atoms with E-state index in [1.54, 1.807) is 0 Å². The van der Waals surface area contributed by atoms with Gasteiger partial charge in [0.15, 0.2) is 6.10 Å². The smallest absolute Gasteiger partial charge is 0.261 e. The standard InChI is InChI=1S/C13H16FNO3/c14-10-4-5-11(9(7-10)8-16)18-12-3-1-2-6-15-13(12)17/h4-5,7,12,16H,1-3,6,8H2,(H,15,17). The predicted octanol–water partition coefficient (Wildman–Crippen LogP) is 1.37. The molecule has 0 spiro atoms. The van der Waals surface area contributed by atoms with Crippen LogP contribution in [0.2, 0.25) is 0 Å². The third-order valence-electron chi connectivity index (χ3n) is 2.95. The molecule has 0 aliphatic carbocycles. The fraction of sp³-hybridized carbons (Fsp3) is 0.462. The summed E-state index contributed by atoms with van der Waals surface area (Å²) in [5, 5.41) is 11.9. The molecule has 1 heterocycles. The maximum atomic E-state index is 13.0. The van der Waals surface area contributed by atoms with Crippen molar-refractivity contribution in [2.24, 2.45) is 0 Å². The number of benzene rings is 1. The van der Waals surface area contributed by atoms with E-state index in [-0.39, 0.29) is 12.5 Å². The van der Waals surface area contributed by atoms with Crippen LogP contribution >= 0.6 is 0 Å². The summed E-state index contributed by atoms with van der Waals surface area (Å²) < 4.78 is 18.6. The number of aliphatic hydroxyl groups is 1. The SMILES string of the molecule is O=C1NCCCCC1Oc1ccc(F)cc1CO. The summed E-state index contributed by atoms with van der Waals surface area (Å²) in [4.78, 5) is 11.7. The lowest BCUT2D eigenvalue weighted by atomic mass is 10.1. The lowest BCUT2D eigenvalue weighted by Crippen LogP contribution is -2.36. The number of aliphatic hydroxyl groups excluding tert-OH is 1. The number of nitrogens with one attached hydrogen (secondary N) is 1. The molecule has 1 fully saturated rings. The Bertz CT molecular complexity index is 436. The summed E-state index contributed by atoms with van der Waals surface area (Å²) in [6.45, 7) is 0.344. The second-order valence-electron chi connectivity index (χ2n) is 4.30. The van der Waals surface area contributed by atoms with Gasteiger partial charge in [-0.1, -0.05) is 0 Å². The van der Waals surface area contributed by atoms with E-state index in [1.165, 1.54) is 18.2 Å². The fourth-order valence-corrected chi connectivity index (χ4v) is 1.96. The lowest BCUT2D eigenvalue weighted by Gasteiger charge is -2.17. The van der Waals surface area contributed by atoms with Crippen molar-refractivity contribution in [3.8, 4) is 5.75 Å². The average Bonchev–Trinajstić information content (AvgIpc) is 2.57. The first-order valence-corrected chi connectivity index (χ1v) is 6.04. The third-order valence-corrected chi connectivity index (χ3v) is 2.95. The Kier molecular flexibility index (Phi) is 4.15. The topological polar surface area (TPSA) is 58.6 Å². The van der Waals surface area contributed by atoms with E-state index in [0.29, 0.717) is 24.3 Å². The normalized spacial score (nSPS) is 20.1. The molecular weight excluding hydrogens is 237 g/mol. The maximum absolute atomic E-state index is 13.0. The zero-order valence-electron chi connectivity index (χ0n) is 9.99. The Morgan fingerprint density at radius 2 is 2.28 bits per heavy atom. The number of hydrogen-bond acceptors (Lipinski definition) is 3. The van der Waals surface area contributed by atoms with Gasteiger partial charge in [0.25, 0.3) is 5.91 Å². The van der Waals surface area contributed by atoms with Crippen molar-refractivity contribution < 1.29 is 19.0 Å². The van der Waals surface area contributed by atoms with E-state index in [9.17, 15) is 9.18 Å². The molecule has 0 aromatic heterocycles. The molecule has 1 aliphatic heterocycles. The first kappa shape index (κ1) is 12.8. The maximum Gasteiger partial charge on any atom is 0.261 e. The summed E-state index contributed by atoms with van der Waals surface area (Å²) in [5.74, 6) is -0.224. The Hall–Kier alpha value is -1.62. The molecule has 18 heavy (non-hydrogen) atoms. The van der Waals surface area contributed by atoms with Gasteiger partial charge in [0, 0.05) is 12.1 Å². The number of halogens is 1. The molecule has 98 valence electrons. The summed E-state index contributed by atoms with van der Waals surface area (Å²) >= 11 is 0. The van der Waals surface area contributed by atoms with Crippen LogP contribution in [0.5, 0.6) is 5.75 Å². The summed E-state index contributed by atoms with van der Waals surface area (Å²) in [5.41, 5.74) is 0.354. The number of hydrogen-bond donors (Lipinski definition) is 2.